The Bertz CT molecular complexity index is 964. The number of halogens is 1. The van der Waals surface area contributed by atoms with Gasteiger partial charge in [-0.25, -0.2) is 10.6 Å². The van der Waals surface area contributed by atoms with Gasteiger partial charge in [0.1, 0.15) is 5.70 Å². The van der Waals surface area contributed by atoms with Gasteiger partial charge in [-0.15, -0.1) is 0 Å². The number of carboxylic acids is 1. The normalized spacial score (nSPS) is 21.6. The standard InChI is InChI=1S/C17H20ClN7O5/c1-7(26)14-12-5-11(15(17(29)30)24(12)16(14)28)8-2-9(18)4-10(3-8)25(20)23-22-21-6-13(19)27/h2-4,7,12,14,26H,5-6,20H2,1H3,(H2,19,27)(H,21,23)(H,29,30)/p+1/t7-,12?,14?/m1/s1. The first-order valence-corrected chi connectivity index (χ1v) is 9.33. The Hall–Kier alpha value is -3.06. The number of β-lactam (4-membered cyclic amide) rings is 1. The van der Waals surface area contributed by atoms with Crippen LogP contribution in [0.15, 0.2) is 34.3 Å². The van der Waals surface area contributed by atoms with Crippen LogP contribution in [0.4, 0.5) is 5.69 Å². The number of hydrogen-bond acceptors (Lipinski definition) is 7. The van der Waals surface area contributed by atoms with E-state index in [1.165, 1.54) is 23.3 Å². The average molecular weight is 439 g/mol. The molecule has 8 N–H and O–H groups in total. The van der Waals surface area contributed by atoms with E-state index in [2.05, 4.69) is 10.4 Å². The first kappa shape index (κ1) is 21.6. The number of carboxylic acid groups (broad SMARTS) is 1. The number of aliphatic carboxylic acids is 1. The van der Waals surface area contributed by atoms with Gasteiger partial charge in [0.15, 0.2) is 6.54 Å². The van der Waals surface area contributed by atoms with Gasteiger partial charge in [0, 0.05) is 10.2 Å². The van der Waals surface area contributed by atoms with Gasteiger partial charge in [0.2, 0.25) is 5.91 Å². The second kappa shape index (κ2) is 8.36. The minimum atomic E-state index is -1.25. The molecule has 0 aromatic heterocycles. The van der Waals surface area contributed by atoms with Gasteiger partial charge in [-0.2, -0.15) is 10.5 Å². The highest BCUT2D eigenvalue weighted by Crippen LogP contribution is 2.47. The molecule has 2 unspecified atom stereocenters. The number of quaternary nitrogens is 1. The maximum absolute atomic E-state index is 12.4. The number of fused-ring (bicyclic) bond motifs is 1. The molecule has 1 aromatic rings. The SMILES string of the molecule is C[C@@H](O)C1C(=O)N2C(C(=O)O)=C(c3cc(Cl)cc(N(N)/N=N\[NH2+]CC(N)=O)c3)CC12. The number of hydrazine groups is 1. The van der Waals surface area contributed by atoms with Crippen molar-refractivity contribution in [3.63, 3.8) is 0 Å². The second-order valence-electron chi connectivity index (χ2n) is 6.98. The number of hydrogen-bond donors (Lipinski definition) is 5. The van der Waals surface area contributed by atoms with Gasteiger partial charge in [0.05, 0.1) is 23.8 Å². The molecule has 0 aliphatic carbocycles. The number of amides is 2. The quantitative estimate of drug-likeness (QED) is 0.145. The molecule has 1 aromatic carbocycles. The Morgan fingerprint density at radius 1 is 1.43 bits per heavy atom. The van der Waals surface area contributed by atoms with Gasteiger partial charge in [-0.1, -0.05) is 11.6 Å². The van der Waals surface area contributed by atoms with Crippen molar-refractivity contribution in [3.05, 3.63) is 34.5 Å². The van der Waals surface area contributed by atoms with E-state index in [1.807, 2.05) is 0 Å². The first-order chi connectivity index (χ1) is 14.1. The highest BCUT2D eigenvalue weighted by atomic mass is 35.5. The molecule has 12 nitrogen and oxygen atoms in total. The minimum absolute atomic E-state index is 0.108. The van der Waals surface area contributed by atoms with Crippen LogP contribution in [0.1, 0.15) is 18.9 Å². The third-order valence-electron chi connectivity index (χ3n) is 4.95. The zero-order chi connectivity index (χ0) is 22.2. The zero-order valence-electron chi connectivity index (χ0n) is 15.9. The van der Waals surface area contributed by atoms with Crippen molar-refractivity contribution in [2.75, 3.05) is 11.7 Å². The molecule has 2 aliphatic rings. The molecule has 2 heterocycles. The number of primary amides is 1. The van der Waals surface area contributed by atoms with Crippen LogP contribution in [-0.4, -0.2) is 51.6 Å². The fraction of sp³-hybridized carbons (Fsp3) is 0.353. The summed E-state index contributed by atoms with van der Waals surface area (Å²) in [4.78, 5) is 36.2. The Labute approximate surface area is 175 Å². The molecule has 160 valence electrons. The van der Waals surface area contributed by atoms with Crippen LogP contribution in [0, 0.1) is 5.92 Å². The molecule has 0 spiro atoms. The summed E-state index contributed by atoms with van der Waals surface area (Å²) < 4.78 is 0. The first-order valence-electron chi connectivity index (χ1n) is 8.96. The van der Waals surface area contributed by atoms with Gasteiger partial charge in [-0.05, 0) is 47.9 Å². The van der Waals surface area contributed by atoms with Crippen molar-refractivity contribution in [1.29, 1.82) is 0 Å². The summed E-state index contributed by atoms with van der Waals surface area (Å²) in [5.41, 5.74) is 7.20. The topological polar surface area (TPSA) is 192 Å². The number of carbonyl (C=O) groups excluding carboxylic acids is 2. The van der Waals surface area contributed by atoms with E-state index < -0.39 is 35.8 Å². The number of aliphatic hydroxyl groups is 1. The fourth-order valence-electron chi connectivity index (χ4n) is 3.68. The van der Waals surface area contributed by atoms with Gasteiger partial charge in [-0.3, -0.25) is 9.59 Å². The van der Waals surface area contributed by atoms with E-state index in [0.717, 1.165) is 5.12 Å². The van der Waals surface area contributed by atoms with E-state index in [0.29, 0.717) is 16.8 Å². The summed E-state index contributed by atoms with van der Waals surface area (Å²) in [7, 11) is 0. The third kappa shape index (κ3) is 3.98. The molecule has 0 radical (unpaired) electrons. The van der Waals surface area contributed by atoms with Crippen molar-refractivity contribution < 1.29 is 30.0 Å². The van der Waals surface area contributed by atoms with Crippen molar-refractivity contribution in [2.45, 2.75) is 25.5 Å². The highest BCUT2D eigenvalue weighted by molar-refractivity contribution is 6.31. The fourth-order valence-corrected chi connectivity index (χ4v) is 3.91. The Morgan fingerprint density at radius 3 is 2.73 bits per heavy atom. The Kier molecular flexibility index (Phi) is 6.03. The highest BCUT2D eigenvalue weighted by Gasteiger charge is 2.56. The number of nitrogens with zero attached hydrogens (tertiary/aromatic N) is 4. The molecule has 0 bridgehead atoms. The molecular formula is C17H21ClN7O5+. The predicted molar refractivity (Wildman–Crippen MR) is 104 cm³/mol. The number of nitrogens with two attached hydrogens (primary N) is 3. The van der Waals surface area contributed by atoms with E-state index in [-0.39, 0.29) is 23.7 Å². The van der Waals surface area contributed by atoms with Crippen molar-refractivity contribution in [2.24, 2.45) is 27.9 Å². The summed E-state index contributed by atoms with van der Waals surface area (Å²) >= 11 is 6.18. The molecule has 3 rings (SSSR count). The number of benzene rings is 1. The lowest BCUT2D eigenvalue weighted by molar-refractivity contribution is -0.657. The van der Waals surface area contributed by atoms with Gasteiger partial charge in [0.25, 0.3) is 5.91 Å². The van der Waals surface area contributed by atoms with Crippen molar-refractivity contribution >= 4 is 40.6 Å². The van der Waals surface area contributed by atoms with Crippen molar-refractivity contribution in [3.8, 4) is 0 Å². The predicted octanol–water partition coefficient (Wildman–Crippen LogP) is -1.24. The van der Waals surface area contributed by atoms with Crippen LogP contribution < -0.4 is 22.1 Å². The molecule has 2 amide bonds. The van der Waals surface area contributed by atoms with Crippen LogP contribution in [0.25, 0.3) is 5.57 Å². The van der Waals surface area contributed by atoms with E-state index in [9.17, 15) is 24.6 Å². The number of carbonyl (C=O) groups is 3. The number of anilines is 1. The molecule has 1 fully saturated rings. The lowest BCUT2D eigenvalue weighted by atomic mass is 9.82. The van der Waals surface area contributed by atoms with Crippen LogP contribution in [0.5, 0.6) is 0 Å². The molecule has 1 saturated heterocycles. The van der Waals surface area contributed by atoms with E-state index in [4.69, 9.17) is 23.2 Å². The molecule has 2 aliphatic heterocycles. The summed E-state index contributed by atoms with van der Waals surface area (Å²) in [6.45, 7) is 1.39. The van der Waals surface area contributed by atoms with Gasteiger partial charge < -0.3 is 20.8 Å². The second-order valence-corrected chi connectivity index (χ2v) is 7.42. The Balaban J connectivity index is 1.91. The maximum Gasteiger partial charge on any atom is 0.352 e. The molecule has 0 saturated carbocycles. The van der Waals surface area contributed by atoms with Crippen LogP contribution in [-0.2, 0) is 14.4 Å². The number of aliphatic hydroxyl groups excluding tert-OH is 1. The largest absolute Gasteiger partial charge is 0.477 e. The van der Waals surface area contributed by atoms with Crippen LogP contribution in [0.3, 0.4) is 0 Å². The van der Waals surface area contributed by atoms with Crippen molar-refractivity contribution in [1.82, 2.24) is 4.90 Å². The molecule has 3 atom stereocenters. The van der Waals surface area contributed by atoms with Crippen LogP contribution in [0.2, 0.25) is 5.02 Å². The maximum atomic E-state index is 12.4. The third-order valence-corrected chi connectivity index (χ3v) is 5.17. The zero-order valence-corrected chi connectivity index (χ0v) is 16.7. The lowest BCUT2D eigenvalue weighted by Crippen LogP contribution is -2.80. The average Bonchev–Trinajstić information content (AvgIpc) is 2.99. The Morgan fingerprint density at radius 2 is 2.13 bits per heavy atom. The lowest BCUT2D eigenvalue weighted by Gasteiger charge is -2.44. The summed E-state index contributed by atoms with van der Waals surface area (Å²) in [6, 6.07) is 4.18. The van der Waals surface area contributed by atoms with E-state index in [1.54, 1.807) is 12.1 Å². The summed E-state index contributed by atoms with van der Waals surface area (Å²) in [6.07, 6.45) is -0.638. The van der Waals surface area contributed by atoms with Crippen LogP contribution >= 0.6 is 11.6 Å². The summed E-state index contributed by atoms with van der Waals surface area (Å²) in [5, 5.41) is 28.0. The summed E-state index contributed by atoms with van der Waals surface area (Å²) in [5.74, 6) is 2.93. The van der Waals surface area contributed by atoms with E-state index >= 15 is 0 Å². The molecular weight excluding hydrogens is 418 g/mol. The molecule has 13 heteroatoms. The monoisotopic (exact) mass is 438 g/mol. The van der Waals surface area contributed by atoms with Gasteiger partial charge >= 0.3 is 5.97 Å². The number of rotatable bonds is 8. The molecule has 30 heavy (non-hydrogen) atoms. The smallest absolute Gasteiger partial charge is 0.352 e. The minimum Gasteiger partial charge on any atom is -0.477 e.